The molecule has 1 N–H and O–H groups in total. The average molecular weight is 366 g/mol. The number of pyridine rings is 1. The molecule has 1 fully saturated rings. The SMILES string of the molecule is COc1cc(OC)c2c(=O)cc(-c3cc4c(cn3)OCC3(CC3)N4)oc2c1. The largest absolute Gasteiger partial charge is 0.496 e. The number of nitrogens with one attached hydrogen (secondary N) is 1. The molecule has 0 saturated heterocycles. The fourth-order valence-corrected chi connectivity index (χ4v) is 3.38. The highest BCUT2D eigenvalue weighted by atomic mass is 16.5. The number of methoxy groups -OCH3 is 2. The second kappa shape index (κ2) is 5.64. The molecule has 138 valence electrons. The van der Waals surface area contributed by atoms with Gasteiger partial charge in [0.25, 0.3) is 0 Å². The van der Waals surface area contributed by atoms with E-state index in [-0.39, 0.29) is 11.0 Å². The Bertz CT molecular complexity index is 1120. The minimum absolute atomic E-state index is 0.0522. The summed E-state index contributed by atoms with van der Waals surface area (Å²) in [5.74, 6) is 2.04. The third kappa shape index (κ3) is 2.58. The van der Waals surface area contributed by atoms with Crippen molar-refractivity contribution in [1.29, 1.82) is 0 Å². The molecule has 0 bridgehead atoms. The van der Waals surface area contributed by atoms with Gasteiger partial charge in [-0.15, -0.1) is 0 Å². The van der Waals surface area contributed by atoms with Gasteiger partial charge in [0, 0.05) is 18.2 Å². The van der Waals surface area contributed by atoms with Crippen LogP contribution in [0.5, 0.6) is 17.2 Å². The van der Waals surface area contributed by atoms with Crippen LogP contribution in [0.1, 0.15) is 12.8 Å². The first kappa shape index (κ1) is 16.0. The molecule has 1 aromatic carbocycles. The first-order valence-electron chi connectivity index (χ1n) is 8.72. The lowest BCUT2D eigenvalue weighted by atomic mass is 10.1. The number of hydrogen-bond donors (Lipinski definition) is 1. The van der Waals surface area contributed by atoms with E-state index in [2.05, 4.69) is 10.3 Å². The highest BCUT2D eigenvalue weighted by Crippen LogP contribution is 2.45. The summed E-state index contributed by atoms with van der Waals surface area (Å²) in [5.41, 5.74) is 1.67. The lowest BCUT2D eigenvalue weighted by molar-refractivity contribution is 0.275. The molecule has 2 aromatic heterocycles. The van der Waals surface area contributed by atoms with E-state index < -0.39 is 0 Å². The smallest absolute Gasteiger partial charge is 0.197 e. The number of ether oxygens (including phenoxy) is 3. The molecule has 1 aliphatic heterocycles. The molecule has 1 aliphatic carbocycles. The van der Waals surface area contributed by atoms with Crippen molar-refractivity contribution in [3.63, 3.8) is 0 Å². The number of nitrogens with zero attached hydrogens (tertiary/aromatic N) is 1. The zero-order chi connectivity index (χ0) is 18.6. The minimum atomic E-state index is -0.201. The van der Waals surface area contributed by atoms with E-state index in [1.54, 1.807) is 25.4 Å². The van der Waals surface area contributed by atoms with Gasteiger partial charge in [-0.1, -0.05) is 0 Å². The Hall–Kier alpha value is -3.22. The molecule has 7 heteroatoms. The molecule has 5 rings (SSSR count). The second-order valence-electron chi connectivity index (χ2n) is 6.94. The van der Waals surface area contributed by atoms with Crippen LogP contribution in [0.4, 0.5) is 5.69 Å². The lowest BCUT2D eigenvalue weighted by Gasteiger charge is -2.27. The molecule has 0 radical (unpaired) electrons. The van der Waals surface area contributed by atoms with Gasteiger partial charge in [-0.2, -0.15) is 0 Å². The van der Waals surface area contributed by atoms with Crippen LogP contribution in [0.3, 0.4) is 0 Å². The molecular weight excluding hydrogens is 348 g/mol. The van der Waals surface area contributed by atoms with Gasteiger partial charge in [-0.3, -0.25) is 4.79 Å². The summed E-state index contributed by atoms with van der Waals surface area (Å²) in [6.45, 7) is 0.658. The standard InChI is InChI=1S/C20H18N2O5/c1-24-11-5-16(25-2)19-14(23)8-15(27-17(19)6-11)12-7-13-18(9-21-12)26-10-20(22-13)3-4-20/h5-9,22H,3-4,10H2,1-2H3. The molecular formula is C20H18N2O5. The van der Waals surface area contributed by atoms with Crippen molar-refractivity contribution in [2.75, 3.05) is 26.1 Å². The minimum Gasteiger partial charge on any atom is -0.496 e. The van der Waals surface area contributed by atoms with Crippen molar-refractivity contribution in [2.24, 2.45) is 0 Å². The van der Waals surface area contributed by atoms with Crippen LogP contribution < -0.4 is 25.0 Å². The van der Waals surface area contributed by atoms with Crippen LogP contribution in [0.2, 0.25) is 0 Å². The van der Waals surface area contributed by atoms with E-state index >= 15 is 0 Å². The summed E-state index contributed by atoms with van der Waals surface area (Å²) in [7, 11) is 3.05. The van der Waals surface area contributed by atoms with E-state index in [4.69, 9.17) is 18.6 Å². The monoisotopic (exact) mass is 366 g/mol. The number of anilines is 1. The molecule has 0 unspecified atom stereocenters. The molecule has 7 nitrogen and oxygen atoms in total. The van der Waals surface area contributed by atoms with Crippen molar-refractivity contribution < 1.29 is 18.6 Å². The Morgan fingerprint density at radius 2 is 2.00 bits per heavy atom. The summed E-state index contributed by atoms with van der Waals surface area (Å²) in [6.07, 6.45) is 3.84. The molecule has 1 saturated carbocycles. The molecule has 1 spiro atoms. The predicted molar refractivity (Wildman–Crippen MR) is 99.9 cm³/mol. The predicted octanol–water partition coefficient (Wildman–Crippen LogP) is 3.21. The molecule has 0 amide bonds. The lowest BCUT2D eigenvalue weighted by Crippen LogP contribution is -2.33. The first-order chi connectivity index (χ1) is 13.1. The van der Waals surface area contributed by atoms with Gasteiger partial charge in [-0.05, 0) is 18.9 Å². The number of benzene rings is 1. The number of fused-ring (bicyclic) bond motifs is 2. The Labute approximate surface area is 154 Å². The summed E-state index contributed by atoms with van der Waals surface area (Å²) in [5, 5.41) is 3.89. The van der Waals surface area contributed by atoms with Gasteiger partial charge in [0.15, 0.2) is 16.9 Å². The molecule has 2 aliphatic rings. The van der Waals surface area contributed by atoms with E-state index in [0.29, 0.717) is 46.3 Å². The molecule has 3 aromatic rings. The number of rotatable bonds is 3. The van der Waals surface area contributed by atoms with Crippen molar-refractivity contribution in [3.05, 3.63) is 40.7 Å². The highest BCUT2D eigenvalue weighted by Gasteiger charge is 2.46. The summed E-state index contributed by atoms with van der Waals surface area (Å²) in [4.78, 5) is 17.1. The Morgan fingerprint density at radius 3 is 2.74 bits per heavy atom. The van der Waals surface area contributed by atoms with Crippen LogP contribution in [0.15, 0.2) is 39.7 Å². The van der Waals surface area contributed by atoms with E-state index in [1.165, 1.54) is 13.2 Å². The average Bonchev–Trinajstić information content (AvgIpc) is 3.44. The third-order valence-electron chi connectivity index (χ3n) is 5.10. The fourth-order valence-electron chi connectivity index (χ4n) is 3.38. The Balaban J connectivity index is 1.64. The highest BCUT2D eigenvalue weighted by molar-refractivity contribution is 5.86. The Kier molecular flexibility index (Phi) is 3.34. The van der Waals surface area contributed by atoms with E-state index in [9.17, 15) is 4.79 Å². The van der Waals surface area contributed by atoms with Crippen LogP contribution in [0.25, 0.3) is 22.4 Å². The van der Waals surface area contributed by atoms with E-state index in [0.717, 1.165) is 18.5 Å². The van der Waals surface area contributed by atoms with Gasteiger partial charge in [0.1, 0.15) is 34.8 Å². The van der Waals surface area contributed by atoms with Crippen LogP contribution in [-0.4, -0.2) is 31.3 Å². The zero-order valence-electron chi connectivity index (χ0n) is 15.0. The van der Waals surface area contributed by atoms with Gasteiger partial charge in [0.05, 0.1) is 31.6 Å². The molecule has 27 heavy (non-hydrogen) atoms. The molecule has 0 atom stereocenters. The van der Waals surface area contributed by atoms with Gasteiger partial charge >= 0.3 is 0 Å². The van der Waals surface area contributed by atoms with Gasteiger partial charge in [0.2, 0.25) is 0 Å². The Morgan fingerprint density at radius 1 is 1.15 bits per heavy atom. The zero-order valence-corrected chi connectivity index (χ0v) is 15.0. The topological polar surface area (TPSA) is 82.8 Å². The second-order valence-corrected chi connectivity index (χ2v) is 6.94. The van der Waals surface area contributed by atoms with Crippen LogP contribution in [-0.2, 0) is 0 Å². The van der Waals surface area contributed by atoms with Gasteiger partial charge < -0.3 is 23.9 Å². The van der Waals surface area contributed by atoms with Crippen LogP contribution >= 0.6 is 0 Å². The normalized spacial score (nSPS) is 16.4. The van der Waals surface area contributed by atoms with Gasteiger partial charge in [-0.25, -0.2) is 4.98 Å². The summed E-state index contributed by atoms with van der Waals surface area (Å²) in [6, 6.07) is 6.62. The van der Waals surface area contributed by atoms with Crippen molar-refractivity contribution in [1.82, 2.24) is 4.98 Å². The number of aromatic nitrogens is 1. The number of hydrogen-bond acceptors (Lipinski definition) is 7. The maximum Gasteiger partial charge on any atom is 0.197 e. The third-order valence-corrected chi connectivity index (χ3v) is 5.10. The maximum atomic E-state index is 12.7. The van der Waals surface area contributed by atoms with Crippen molar-refractivity contribution in [2.45, 2.75) is 18.4 Å². The quantitative estimate of drug-likeness (QED) is 0.762. The van der Waals surface area contributed by atoms with Crippen molar-refractivity contribution in [3.8, 4) is 28.7 Å². The fraction of sp³-hybridized carbons (Fsp3) is 0.300. The first-order valence-corrected chi connectivity index (χ1v) is 8.72. The molecule has 3 heterocycles. The van der Waals surface area contributed by atoms with Crippen LogP contribution in [0, 0.1) is 0 Å². The van der Waals surface area contributed by atoms with Crippen molar-refractivity contribution >= 4 is 16.7 Å². The van der Waals surface area contributed by atoms with E-state index in [1.807, 2.05) is 6.07 Å². The summed E-state index contributed by atoms with van der Waals surface area (Å²) >= 11 is 0. The maximum absolute atomic E-state index is 12.7. The summed E-state index contributed by atoms with van der Waals surface area (Å²) < 4.78 is 22.4.